The monoisotopic (exact) mass is 458 g/mol. The molecule has 0 aliphatic carbocycles. The molecule has 2 aromatic heterocycles. The van der Waals surface area contributed by atoms with E-state index in [2.05, 4.69) is 29.1 Å². The number of aryl methyl sites for hydroxylation is 1. The van der Waals surface area contributed by atoms with Crippen LogP contribution in [0.2, 0.25) is 0 Å². The van der Waals surface area contributed by atoms with Gasteiger partial charge in [-0.3, -0.25) is 9.80 Å². The number of carbonyl (C=O) groups is 1. The molecule has 34 heavy (non-hydrogen) atoms. The third-order valence-electron chi connectivity index (χ3n) is 6.31. The van der Waals surface area contributed by atoms with E-state index in [0.717, 1.165) is 54.0 Å². The SMILES string of the molecule is CCCCN(CCc1c(C)oc2ccc(N(Cc3ccccc3)C(N)=O)cc12)Cc1cc[nH]c1. The lowest BCUT2D eigenvalue weighted by atomic mass is 10.1. The minimum Gasteiger partial charge on any atom is -0.461 e. The van der Waals surface area contributed by atoms with Crippen LogP contribution in [-0.4, -0.2) is 29.0 Å². The molecule has 0 fully saturated rings. The van der Waals surface area contributed by atoms with E-state index in [1.807, 2.05) is 61.7 Å². The molecule has 6 nitrogen and oxygen atoms in total. The average Bonchev–Trinajstić information content (AvgIpc) is 3.46. The summed E-state index contributed by atoms with van der Waals surface area (Å²) in [6.07, 6.45) is 7.26. The zero-order valence-corrected chi connectivity index (χ0v) is 20.1. The first-order valence-electron chi connectivity index (χ1n) is 12.0. The molecule has 3 N–H and O–H groups in total. The summed E-state index contributed by atoms with van der Waals surface area (Å²) >= 11 is 0. The lowest BCUT2D eigenvalue weighted by molar-refractivity contribution is 0.253. The largest absolute Gasteiger partial charge is 0.461 e. The Morgan fingerprint density at radius 1 is 1.03 bits per heavy atom. The molecule has 0 unspecified atom stereocenters. The van der Waals surface area contributed by atoms with Crippen LogP contribution in [0.25, 0.3) is 11.0 Å². The molecule has 0 radical (unpaired) electrons. The summed E-state index contributed by atoms with van der Waals surface area (Å²) in [7, 11) is 0. The first-order chi connectivity index (χ1) is 16.5. The van der Waals surface area contributed by atoms with Gasteiger partial charge in [0.25, 0.3) is 0 Å². The Bertz CT molecular complexity index is 1200. The highest BCUT2D eigenvalue weighted by Gasteiger charge is 2.18. The van der Waals surface area contributed by atoms with Crippen LogP contribution in [0.3, 0.4) is 0 Å². The number of nitrogens with zero attached hydrogens (tertiary/aromatic N) is 2. The Hall–Kier alpha value is -3.51. The normalized spacial score (nSPS) is 11.4. The molecule has 4 aromatic rings. The van der Waals surface area contributed by atoms with Crippen LogP contribution in [0.5, 0.6) is 0 Å². The highest BCUT2D eigenvalue weighted by atomic mass is 16.3. The maximum atomic E-state index is 12.3. The van der Waals surface area contributed by atoms with Crippen molar-refractivity contribution in [3.63, 3.8) is 0 Å². The predicted molar refractivity (Wildman–Crippen MR) is 138 cm³/mol. The third-order valence-corrected chi connectivity index (χ3v) is 6.31. The molecule has 0 saturated heterocycles. The van der Waals surface area contributed by atoms with E-state index in [1.54, 1.807) is 4.90 Å². The number of unbranched alkanes of at least 4 members (excludes halogenated alkanes) is 1. The standard InChI is InChI=1S/C28H34N4O2/c1-3-4-15-31(19-23-12-14-30-18-23)16-13-25-21(2)34-27-11-10-24(17-26(25)27)32(28(29)33)20-22-8-6-5-7-9-22/h5-12,14,17-18,30H,3-4,13,15-16,19-20H2,1-2H3,(H2,29,33). The van der Waals surface area contributed by atoms with Crippen LogP contribution in [0.4, 0.5) is 10.5 Å². The number of hydrogen-bond acceptors (Lipinski definition) is 3. The molecule has 0 atom stereocenters. The van der Waals surface area contributed by atoms with E-state index in [9.17, 15) is 4.79 Å². The summed E-state index contributed by atoms with van der Waals surface area (Å²) in [5.74, 6) is 0.929. The molecule has 6 heteroatoms. The molecule has 178 valence electrons. The molecular formula is C28H34N4O2. The van der Waals surface area contributed by atoms with Crippen LogP contribution in [0, 0.1) is 6.92 Å². The zero-order chi connectivity index (χ0) is 23.9. The summed E-state index contributed by atoms with van der Waals surface area (Å²) in [4.78, 5) is 19.6. The number of fused-ring (bicyclic) bond motifs is 1. The van der Waals surface area contributed by atoms with Gasteiger partial charge >= 0.3 is 6.03 Å². The molecule has 2 amide bonds. The molecular weight excluding hydrogens is 424 g/mol. The number of amides is 2. The number of benzene rings is 2. The second-order valence-corrected chi connectivity index (χ2v) is 8.83. The van der Waals surface area contributed by atoms with Crippen molar-refractivity contribution in [1.29, 1.82) is 0 Å². The van der Waals surface area contributed by atoms with Crippen molar-refractivity contribution in [2.45, 2.75) is 46.2 Å². The van der Waals surface area contributed by atoms with Gasteiger partial charge in [0.1, 0.15) is 11.3 Å². The molecule has 0 spiro atoms. The van der Waals surface area contributed by atoms with Crippen LogP contribution in [-0.2, 0) is 19.5 Å². The number of aromatic nitrogens is 1. The number of aromatic amines is 1. The minimum absolute atomic E-state index is 0.426. The van der Waals surface area contributed by atoms with Gasteiger partial charge in [0.15, 0.2) is 0 Å². The summed E-state index contributed by atoms with van der Waals surface area (Å²) in [6.45, 7) is 7.60. The molecule has 2 heterocycles. The first-order valence-corrected chi connectivity index (χ1v) is 12.0. The first kappa shape index (κ1) is 23.6. The smallest absolute Gasteiger partial charge is 0.319 e. The number of nitrogens with one attached hydrogen (secondary N) is 1. The van der Waals surface area contributed by atoms with Gasteiger partial charge in [0, 0.05) is 42.1 Å². The van der Waals surface area contributed by atoms with Crippen molar-refractivity contribution >= 4 is 22.7 Å². The molecule has 0 aliphatic rings. The van der Waals surface area contributed by atoms with Crippen molar-refractivity contribution in [3.8, 4) is 0 Å². The van der Waals surface area contributed by atoms with Crippen LogP contribution >= 0.6 is 0 Å². The van der Waals surface area contributed by atoms with E-state index >= 15 is 0 Å². The molecule has 0 saturated carbocycles. The van der Waals surface area contributed by atoms with Gasteiger partial charge in [-0.1, -0.05) is 43.7 Å². The predicted octanol–water partition coefficient (Wildman–Crippen LogP) is 6.00. The van der Waals surface area contributed by atoms with Gasteiger partial charge in [0.2, 0.25) is 0 Å². The highest BCUT2D eigenvalue weighted by molar-refractivity contribution is 5.94. The summed E-state index contributed by atoms with van der Waals surface area (Å²) in [5, 5.41) is 1.05. The number of rotatable bonds is 11. The number of urea groups is 1. The van der Waals surface area contributed by atoms with Gasteiger partial charge < -0.3 is 15.1 Å². The van der Waals surface area contributed by atoms with Crippen molar-refractivity contribution in [2.75, 3.05) is 18.0 Å². The Morgan fingerprint density at radius 2 is 1.85 bits per heavy atom. The van der Waals surface area contributed by atoms with Crippen molar-refractivity contribution in [2.24, 2.45) is 5.73 Å². The van der Waals surface area contributed by atoms with E-state index < -0.39 is 6.03 Å². The molecule has 0 aliphatic heterocycles. The van der Waals surface area contributed by atoms with Crippen molar-refractivity contribution in [3.05, 3.63) is 89.4 Å². The van der Waals surface area contributed by atoms with E-state index in [-0.39, 0.29) is 0 Å². The molecule has 4 rings (SSSR count). The Morgan fingerprint density at radius 3 is 2.56 bits per heavy atom. The van der Waals surface area contributed by atoms with Crippen molar-refractivity contribution < 1.29 is 9.21 Å². The molecule has 0 bridgehead atoms. The summed E-state index contributed by atoms with van der Waals surface area (Å²) in [5.41, 5.74) is 10.9. The van der Waals surface area contributed by atoms with Gasteiger partial charge in [-0.2, -0.15) is 0 Å². The fourth-order valence-electron chi connectivity index (χ4n) is 4.44. The summed E-state index contributed by atoms with van der Waals surface area (Å²) in [6, 6.07) is 17.4. The second kappa shape index (κ2) is 11.1. The minimum atomic E-state index is -0.470. The number of hydrogen-bond donors (Lipinski definition) is 2. The van der Waals surface area contributed by atoms with Crippen LogP contribution in [0.15, 0.2) is 71.4 Å². The van der Waals surface area contributed by atoms with E-state index in [1.165, 1.54) is 24.0 Å². The Labute approximate surface area is 201 Å². The molecule has 2 aromatic carbocycles. The topological polar surface area (TPSA) is 78.5 Å². The number of carbonyl (C=O) groups excluding carboxylic acids is 1. The maximum absolute atomic E-state index is 12.3. The van der Waals surface area contributed by atoms with Gasteiger partial charge in [-0.25, -0.2) is 4.79 Å². The number of anilines is 1. The number of H-pyrrole nitrogens is 1. The highest BCUT2D eigenvalue weighted by Crippen LogP contribution is 2.31. The fraction of sp³-hybridized carbons (Fsp3) is 0.321. The Kier molecular flexibility index (Phi) is 7.70. The number of nitrogens with two attached hydrogens (primary N) is 1. The maximum Gasteiger partial charge on any atom is 0.319 e. The van der Waals surface area contributed by atoms with Crippen LogP contribution < -0.4 is 10.6 Å². The van der Waals surface area contributed by atoms with Gasteiger partial charge in [-0.05, 0) is 61.7 Å². The third kappa shape index (κ3) is 5.69. The second-order valence-electron chi connectivity index (χ2n) is 8.83. The zero-order valence-electron chi connectivity index (χ0n) is 20.1. The average molecular weight is 459 g/mol. The lowest BCUT2D eigenvalue weighted by Crippen LogP contribution is -2.35. The number of primary amides is 1. The number of furan rings is 1. The van der Waals surface area contributed by atoms with E-state index in [4.69, 9.17) is 10.2 Å². The Balaban J connectivity index is 1.57. The summed E-state index contributed by atoms with van der Waals surface area (Å²) < 4.78 is 6.07. The van der Waals surface area contributed by atoms with Crippen molar-refractivity contribution in [1.82, 2.24) is 9.88 Å². The van der Waals surface area contributed by atoms with Crippen LogP contribution in [0.1, 0.15) is 42.2 Å². The van der Waals surface area contributed by atoms with Gasteiger partial charge in [-0.15, -0.1) is 0 Å². The quantitative estimate of drug-likeness (QED) is 0.289. The fourth-order valence-corrected chi connectivity index (χ4v) is 4.44. The lowest BCUT2D eigenvalue weighted by Gasteiger charge is -2.22. The van der Waals surface area contributed by atoms with Gasteiger partial charge in [0.05, 0.1) is 6.54 Å². The van der Waals surface area contributed by atoms with E-state index in [0.29, 0.717) is 6.54 Å².